The van der Waals surface area contributed by atoms with Gasteiger partial charge in [-0.25, -0.2) is 0 Å². The van der Waals surface area contributed by atoms with Gasteiger partial charge in [0.05, 0.1) is 6.10 Å². The maximum atomic E-state index is 11.8. The zero-order valence-electron chi connectivity index (χ0n) is 13.2. The highest BCUT2D eigenvalue weighted by atomic mass is 32.1. The molecule has 0 bridgehead atoms. The van der Waals surface area contributed by atoms with Crippen LogP contribution in [0.5, 0.6) is 0 Å². The normalized spacial score (nSPS) is 14.6. The van der Waals surface area contributed by atoms with Gasteiger partial charge in [-0.15, -0.1) is 0 Å². The number of carboxylic acid groups (broad SMARTS) is 1. The third kappa shape index (κ3) is 11.3. The number of hydrogen-bond donors (Lipinski definition) is 6. The largest absolute Gasteiger partial charge is 0.480 e. The van der Waals surface area contributed by atoms with Crippen LogP contribution < -0.4 is 10.6 Å². The van der Waals surface area contributed by atoms with Gasteiger partial charge in [0.25, 0.3) is 0 Å². The van der Waals surface area contributed by atoms with Crippen LogP contribution in [0.1, 0.15) is 39.0 Å². The predicted molar refractivity (Wildman–Crippen MR) is 94.0 cm³/mol. The van der Waals surface area contributed by atoms with Crippen LogP contribution in [0.15, 0.2) is 0 Å². The molecule has 7 nitrogen and oxygen atoms in total. The van der Waals surface area contributed by atoms with Gasteiger partial charge in [-0.05, 0) is 31.9 Å². The fourth-order valence-corrected chi connectivity index (χ4v) is 2.71. The van der Waals surface area contributed by atoms with Gasteiger partial charge in [0.2, 0.25) is 11.8 Å². The van der Waals surface area contributed by atoms with Crippen molar-refractivity contribution in [3.05, 3.63) is 0 Å². The first kappa shape index (κ1) is 22.1. The van der Waals surface area contributed by atoms with Gasteiger partial charge in [-0.2, -0.15) is 25.3 Å². The number of carbonyl (C=O) groups excluding carboxylic acids is 2. The Bertz CT molecular complexity index is 393. The lowest BCUT2D eigenvalue weighted by Crippen LogP contribution is -2.53. The average molecular weight is 367 g/mol. The highest BCUT2D eigenvalue weighted by molar-refractivity contribution is 7.81. The number of thiol groups is 2. The number of unbranched alkanes of at least 4 members (excludes halogenated alkanes) is 1. The van der Waals surface area contributed by atoms with Crippen LogP contribution >= 0.6 is 25.3 Å². The van der Waals surface area contributed by atoms with E-state index in [4.69, 9.17) is 5.11 Å². The van der Waals surface area contributed by atoms with Crippen molar-refractivity contribution >= 4 is 43.0 Å². The zero-order valence-corrected chi connectivity index (χ0v) is 15.0. The molecule has 0 saturated carbocycles. The molecule has 0 spiro atoms. The van der Waals surface area contributed by atoms with E-state index in [0.717, 1.165) is 25.0 Å². The van der Waals surface area contributed by atoms with Crippen molar-refractivity contribution < 1.29 is 24.6 Å². The summed E-state index contributed by atoms with van der Waals surface area (Å²) in [5.74, 6) is -1.50. The summed E-state index contributed by atoms with van der Waals surface area (Å²) in [5.41, 5.74) is 0. The fourth-order valence-electron chi connectivity index (χ4n) is 1.88. The molecule has 0 aliphatic carbocycles. The van der Waals surface area contributed by atoms with Crippen LogP contribution in [-0.4, -0.2) is 57.7 Å². The summed E-state index contributed by atoms with van der Waals surface area (Å²) in [4.78, 5) is 34.0. The molecule has 0 heterocycles. The minimum absolute atomic E-state index is 0.233. The number of amides is 2. The molecule has 0 aliphatic heterocycles. The van der Waals surface area contributed by atoms with Gasteiger partial charge in [0.15, 0.2) is 0 Å². The molecule has 0 aliphatic rings. The lowest BCUT2D eigenvalue weighted by molar-refractivity contribution is -0.139. The van der Waals surface area contributed by atoms with Gasteiger partial charge < -0.3 is 20.8 Å². The molecule has 0 saturated heterocycles. The zero-order chi connectivity index (χ0) is 17.8. The summed E-state index contributed by atoms with van der Waals surface area (Å²) in [6, 6.07) is -1.16. The molecule has 0 fully saturated rings. The minimum Gasteiger partial charge on any atom is -0.480 e. The molecule has 0 radical (unpaired) electrons. The molecule has 0 aromatic heterocycles. The molecular formula is C14H26N2O5S2. The molecule has 4 N–H and O–H groups in total. The second-order valence-electron chi connectivity index (χ2n) is 5.31. The lowest BCUT2D eigenvalue weighted by Gasteiger charge is -2.20. The number of aliphatic hydroxyl groups is 1. The number of hydrogen-bond acceptors (Lipinski definition) is 6. The first-order chi connectivity index (χ1) is 10.8. The Hall–Kier alpha value is -0.930. The molecule has 9 heteroatoms. The topological polar surface area (TPSA) is 116 Å². The highest BCUT2D eigenvalue weighted by Gasteiger charge is 2.25. The van der Waals surface area contributed by atoms with Crippen molar-refractivity contribution in [2.75, 3.05) is 12.3 Å². The smallest absolute Gasteiger partial charge is 0.322 e. The van der Waals surface area contributed by atoms with E-state index in [1.807, 2.05) is 0 Å². The fraction of sp³-hybridized carbons (Fsp3) is 0.786. The number of nitrogens with one attached hydrogen (secondary N) is 2. The summed E-state index contributed by atoms with van der Waals surface area (Å²) >= 11 is 8.53. The Kier molecular flexibility index (Phi) is 12.0. The predicted octanol–water partition coefficient (Wildman–Crippen LogP) is 0.231. The molecule has 2 amide bonds. The number of aliphatic carboxylic acids is 1. The Morgan fingerprint density at radius 2 is 1.83 bits per heavy atom. The van der Waals surface area contributed by atoms with Gasteiger partial charge >= 0.3 is 5.97 Å². The van der Waals surface area contributed by atoms with E-state index in [0.29, 0.717) is 6.42 Å². The van der Waals surface area contributed by atoms with Crippen molar-refractivity contribution in [3.8, 4) is 0 Å². The molecule has 3 atom stereocenters. The Morgan fingerprint density at radius 3 is 2.35 bits per heavy atom. The summed E-state index contributed by atoms with van der Waals surface area (Å²) in [6.45, 7) is 0.792. The van der Waals surface area contributed by atoms with Gasteiger partial charge in [0.1, 0.15) is 12.6 Å². The number of carboxylic acids is 1. The number of aliphatic hydroxyl groups excluding tert-OH is 1. The second kappa shape index (κ2) is 12.5. The molecule has 23 heavy (non-hydrogen) atoms. The first-order valence-electron chi connectivity index (χ1n) is 7.53. The van der Waals surface area contributed by atoms with E-state index in [1.54, 1.807) is 0 Å². The van der Waals surface area contributed by atoms with Crippen LogP contribution in [0.3, 0.4) is 0 Å². The lowest BCUT2D eigenvalue weighted by atomic mass is 10.1. The van der Waals surface area contributed by atoms with Crippen LogP contribution in [-0.2, 0) is 14.4 Å². The molecule has 0 aromatic carbocycles. The van der Waals surface area contributed by atoms with Crippen molar-refractivity contribution in [2.24, 2.45) is 0 Å². The standard InChI is InChI=1S/C14H26N2O5S2/c1-9(17)13(14(21)15-8-12(19)20)16-11(18)5-3-2-4-10(23)6-7-22/h9-10,13,17,22-23H,2-8H2,1H3,(H,15,21)(H,16,18)(H,19,20). The van der Waals surface area contributed by atoms with E-state index >= 15 is 0 Å². The average Bonchev–Trinajstić information content (AvgIpc) is 2.46. The summed E-state index contributed by atoms with van der Waals surface area (Å²) < 4.78 is 0. The van der Waals surface area contributed by atoms with E-state index < -0.39 is 30.6 Å². The number of carbonyl (C=O) groups is 3. The second-order valence-corrected chi connectivity index (χ2v) is 6.49. The summed E-state index contributed by atoms with van der Waals surface area (Å²) in [6.07, 6.45) is 2.39. The Balaban J connectivity index is 4.15. The SMILES string of the molecule is CC(O)C(NC(=O)CCCCC(S)CCS)C(=O)NCC(=O)O. The van der Waals surface area contributed by atoms with Crippen molar-refractivity contribution in [2.45, 2.75) is 56.4 Å². The van der Waals surface area contributed by atoms with Crippen LogP contribution in [0.25, 0.3) is 0 Å². The van der Waals surface area contributed by atoms with Gasteiger partial charge in [-0.3, -0.25) is 14.4 Å². The maximum absolute atomic E-state index is 11.8. The van der Waals surface area contributed by atoms with E-state index in [2.05, 4.69) is 35.9 Å². The van der Waals surface area contributed by atoms with Gasteiger partial charge in [-0.1, -0.05) is 6.42 Å². The molecule has 134 valence electrons. The Morgan fingerprint density at radius 1 is 1.17 bits per heavy atom. The van der Waals surface area contributed by atoms with Crippen LogP contribution in [0.4, 0.5) is 0 Å². The molecule has 0 aromatic rings. The summed E-state index contributed by atoms with van der Waals surface area (Å²) in [5, 5.41) is 22.9. The van der Waals surface area contributed by atoms with Crippen molar-refractivity contribution in [1.82, 2.24) is 10.6 Å². The monoisotopic (exact) mass is 366 g/mol. The van der Waals surface area contributed by atoms with Gasteiger partial charge in [0, 0.05) is 11.7 Å². The highest BCUT2D eigenvalue weighted by Crippen LogP contribution is 2.12. The molecular weight excluding hydrogens is 340 g/mol. The van der Waals surface area contributed by atoms with Crippen LogP contribution in [0.2, 0.25) is 0 Å². The minimum atomic E-state index is -1.20. The first-order valence-corrected chi connectivity index (χ1v) is 8.68. The van der Waals surface area contributed by atoms with E-state index in [9.17, 15) is 19.5 Å². The van der Waals surface area contributed by atoms with E-state index in [-0.39, 0.29) is 17.6 Å². The third-order valence-electron chi connectivity index (χ3n) is 3.15. The Labute approximate surface area is 147 Å². The van der Waals surface area contributed by atoms with Crippen molar-refractivity contribution in [3.63, 3.8) is 0 Å². The molecule has 0 rings (SSSR count). The van der Waals surface area contributed by atoms with Crippen molar-refractivity contribution in [1.29, 1.82) is 0 Å². The maximum Gasteiger partial charge on any atom is 0.322 e. The quantitative estimate of drug-likeness (QED) is 0.219. The van der Waals surface area contributed by atoms with E-state index in [1.165, 1.54) is 6.92 Å². The van der Waals surface area contributed by atoms with Crippen LogP contribution in [0, 0.1) is 0 Å². The number of rotatable bonds is 12. The summed E-state index contributed by atoms with van der Waals surface area (Å²) in [7, 11) is 0. The third-order valence-corrected chi connectivity index (χ3v) is 3.92. The molecule has 3 unspecified atom stereocenters.